The molecule has 1 amide bonds. The fourth-order valence-electron chi connectivity index (χ4n) is 2.18. The fourth-order valence-corrected chi connectivity index (χ4v) is 3.22. The predicted molar refractivity (Wildman–Crippen MR) is 81.2 cm³/mol. The van der Waals surface area contributed by atoms with Crippen molar-refractivity contribution in [2.45, 2.75) is 12.5 Å². The van der Waals surface area contributed by atoms with Crippen LogP contribution >= 0.6 is 27.3 Å². The summed E-state index contributed by atoms with van der Waals surface area (Å²) in [7, 11) is 0. The number of thiophene rings is 1. The molecule has 0 spiro atoms. The third kappa shape index (κ3) is 2.86. The van der Waals surface area contributed by atoms with Crippen LogP contribution in [0.25, 0.3) is 0 Å². The van der Waals surface area contributed by atoms with Crippen LogP contribution in [0.5, 0.6) is 5.88 Å². The summed E-state index contributed by atoms with van der Waals surface area (Å²) in [6, 6.07) is 7.49. The number of aromatic nitrogens is 1. The Labute approximate surface area is 129 Å². The molecule has 3 heterocycles. The highest BCUT2D eigenvalue weighted by molar-refractivity contribution is 9.10. The third-order valence-electron chi connectivity index (χ3n) is 3.17. The number of nitrogens with zero attached hydrogens (tertiary/aromatic N) is 2. The average Bonchev–Trinajstić information content (AvgIpc) is 3.12. The lowest BCUT2D eigenvalue weighted by Crippen LogP contribution is -2.30. The van der Waals surface area contributed by atoms with Gasteiger partial charge >= 0.3 is 0 Å². The molecule has 104 valence electrons. The van der Waals surface area contributed by atoms with Gasteiger partial charge in [-0.1, -0.05) is 6.07 Å². The van der Waals surface area contributed by atoms with E-state index < -0.39 is 0 Å². The van der Waals surface area contributed by atoms with Gasteiger partial charge in [-0.25, -0.2) is 4.98 Å². The minimum absolute atomic E-state index is 0.00473. The number of carbonyl (C=O) groups excluding carboxylic acids is 1. The minimum atomic E-state index is 0.00473. The molecule has 0 radical (unpaired) electrons. The Morgan fingerprint density at radius 1 is 1.45 bits per heavy atom. The molecular weight excluding hydrogens is 340 g/mol. The maximum absolute atomic E-state index is 12.2. The smallest absolute Gasteiger partial charge is 0.264 e. The van der Waals surface area contributed by atoms with E-state index in [2.05, 4.69) is 20.9 Å². The molecule has 0 saturated carbocycles. The largest absolute Gasteiger partial charge is 0.472 e. The summed E-state index contributed by atoms with van der Waals surface area (Å²) >= 11 is 4.89. The van der Waals surface area contributed by atoms with Crippen LogP contribution in [0.1, 0.15) is 16.1 Å². The zero-order valence-corrected chi connectivity index (χ0v) is 13.1. The van der Waals surface area contributed by atoms with Gasteiger partial charge in [0.25, 0.3) is 5.91 Å². The van der Waals surface area contributed by atoms with Gasteiger partial charge in [-0.3, -0.25) is 4.79 Å². The maximum Gasteiger partial charge on any atom is 0.264 e. The third-order valence-corrected chi connectivity index (χ3v) is 4.63. The van der Waals surface area contributed by atoms with Crippen molar-refractivity contribution in [1.29, 1.82) is 0 Å². The molecule has 0 N–H and O–H groups in total. The first kappa shape index (κ1) is 13.6. The molecule has 1 aliphatic rings. The van der Waals surface area contributed by atoms with Crippen molar-refractivity contribution in [3.8, 4) is 5.88 Å². The number of carbonyl (C=O) groups is 1. The predicted octanol–water partition coefficient (Wildman–Crippen LogP) is 3.20. The molecule has 4 nitrogen and oxygen atoms in total. The minimum Gasteiger partial charge on any atom is -0.472 e. The number of amides is 1. The van der Waals surface area contributed by atoms with E-state index in [1.165, 1.54) is 11.3 Å². The molecule has 20 heavy (non-hydrogen) atoms. The van der Waals surface area contributed by atoms with E-state index in [1.54, 1.807) is 6.20 Å². The van der Waals surface area contributed by atoms with E-state index >= 15 is 0 Å². The highest BCUT2D eigenvalue weighted by Gasteiger charge is 2.29. The summed E-state index contributed by atoms with van der Waals surface area (Å²) in [4.78, 5) is 19.0. The molecule has 1 fully saturated rings. The van der Waals surface area contributed by atoms with Gasteiger partial charge < -0.3 is 9.64 Å². The molecule has 2 aromatic heterocycles. The Balaban J connectivity index is 1.63. The summed E-state index contributed by atoms with van der Waals surface area (Å²) in [5.41, 5.74) is 0. The molecule has 1 saturated heterocycles. The zero-order valence-electron chi connectivity index (χ0n) is 10.7. The van der Waals surface area contributed by atoms with Crippen molar-refractivity contribution in [1.82, 2.24) is 9.88 Å². The van der Waals surface area contributed by atoms with Gasteiger partial charge in [0, 0.05) is 19.2 Å². The quantitative estimate of drug-likeness (QED) is 0.851. The standard InChI is InChI=1S/C14H13BrN2O2S/c15-11-3-1-6-16-13(11)19-10-5-7-17(9-10)14(18)12-4-2-8-20-12/h1-4,6,8,10H,5,7,9H2. The second-order valence-corrected chi connectivity index (χ2v) is 6.35. The Hall–Kier alpha value is -1.40. The second kappa shape index (κ2) is 5.93. The highest BCUT2D eigenvalue weighted by Crippen LogP contribution is 2.25. The van der Waals surface area contributed by atoms with Crippen molar-refractivity contribution < 1.29 is 9.53 Å². The van der Waals surface area contributed by atoms with Gasteiger partial charge in [0.2, 0.25) is 5.88 Å². The van der Waals surface area contributed by atoms with Crippen molar-refractivity contribution in [2.75, 3.05) is 13.1 Å². The van der Waals surface area contributed by atoms with Crippen LogP contribution < -0.4 is 4.74 Å². The van der Waals surface area contributed by atoms with Gasteiger partial charge in [-0.05, 0) is 39.5 Å². The lowest BCUT2D eigenvalue weighted by atomic mass is 10.3. The molecule has 6 heteroatoms. The number of halogens is 1. The zero-order chi connectivity index (χ0) is 13.9. The van der Waals surface area contributed by atoms with Gasteiger partial charge in [-0.15, -0.1) is 11.3 Å². The number of rotatable bonds is 3. The van der Waals surface area contributed by atoms with Crippen molar-refractivity contribution in [3.63, 3.8) is 0 Å². The van der Waals surface area contributed by atoms with Crippen LogP contribution in [0.15, 0.2) is 40.3 Å². The molecule has 0 bridgehead atoms. The van der Waals surface area contributed by atoms with Crippen LogP contribution in [0.2, 0.25) is 0 Å². The Morgan fingerprint density at radius 2 is 2.35 bits per heavy atom. The SMILES string of the molecule is O=C(c1cccs1)N1CCC(Oc2ncccc2Br)C1. The van der Waals surface area contributed by atoms with Crippen LogP contribution in [-0.4, -0.2) is 35.0 Å². The van der Waals surface area contributed by atoms with Gasteiger partial charge in [0.05, 0.1) is 15.9 Å². The highest BCUT2D eigenvalue weighted by atomic mass is 79.9. The summed E-state index contributed by atoms with van der Waals surface area (Å²) < 4.78 is 6.69. The van der Waals surface area contributed by atoms with Crippen LogP contribution in [0.3, 0.4) is 0 Å². The van der Waals surface area contributed by atoms with Crippen molar-refractivity contribution in [2.24, 2.45) is 0 Å². The van der Waals surface area contributed by atoms with Crippen molar-refractivity contribution >= 4 is 33.2 Å². The molecule has 3 rings (SSSR count). The topological polar surface area (TPSA) is 42.4 Å². The van der Waals surface area contributed by atoms with Gasteiger partial charge in [0.15, 0.2) is 0 Å². The van der Waals surface area contributed by atoms with Gasteiger partial charge in [0.1, 0.15) is 6.10 Å². The number of pyridine rings is 1. The maximum atomic E-state index is 12.2. The van der Waals surface area contributed by atoms with Crippen molar-refractivity contribution in [3.05, 3.63) is 45.2 Å². The summed E-state index contributed by atoms with van der Waals surface area (Å²) in [6.07, 6.45) is 2.54. The summed E-state index contributed by atoms with van der Waals surface area (Å²) in [5.74, 6) is 0.675. The molecule has 0 aromatic carbocycles. The first-order valence-electron chi connectivity index (χ1n) is 6.34. The van der Waals surface area contributed by atoms with E-state index in [0.29, 0.717) is 12.4 Å². The number of hydrogen-bond donors (Lipinski definition) is 0. The van der Waals surface area contributed by atoms with E-state index in [-0.39, 0.29) is 12.0 Å². The van der Waals surface area contributed by atoms with E-state index in [4.69, 9.17) is 4.74 Å². The molecule has 1 aliphatic heterocycles. The monoisotopic (exact) mass is 352 g/mol. The number of hydrogen-bond acceptors (Lipinski definition) is 4. The van der Waals surface area contributed by atoms with E-state index in [9.17, 15) is 4.79 Å². The van der Waals surface area contributed by atoms with E-state index in [1.807, 2.05) is 34.5 Å². The van der Waals surface area contributed by atoms with Crippen LogP contribution in [-0.2, 0) is 0 Å². The lowest BCUT2D eigenvalue weighted by Gasteiger charge is -2.16. The summed E-state index contributed by atoms with van der Waals surface area (Å²) in [6.45, 7) is 1.34. The summed E-state index contributed by atoms with van der Waals surface area (Å²) in [5, 5.41) is 1.92. The first-order chi connectivity index (χ1) is 9.74. The van der Waals surface area contributed by atoms with Crippen LogP contribution in [0, 0.1) is 0 Å². The molecular formula is C14H13BrN2O2S. The number of ether oxygens (including phenoxy) is 1. The van der Waals surface area contributed by atoms with Gasteiger partial charge in [-0.2, -0.15) is 0 Å². The molecule has 0 aliphatic carbocycles. The van der Waals surface area contributed by atoms with E-state index in [0.717, 1.165) is 22.3 Å². The normalized spacial score (nSPS) is 18.2. The average molecular weight is 353 g/mol. The lowest BCUT2D eigenvalue weighted by molar-refractivity contribution is 0.0775. The molecule has 2 aromatic rings. The first-order valence-corrected chi connectivity index (χ1v) is 8.01. The van der Waals surface area contributed by atoms with Crippen LogP contribution in [0.4, 0.5) is 0 Å². The molecule has 1 unspecified atom stereocenters. The fraction of sp³-hybridized carbons (Fsp3) is 0.286. The second-order valence-electron chi connectivity index (χ2n) is 4.55. The Bertz CT molecular complexity index is 603. The molecule has 1 atom stereocenters. The Kier molecular flexibility index (Phi) is 4.03. The Morgan fingerprint density at radius 3 is 3.10 bits per heavy atom. The number of likely N-dealkylation sites (tertiary alicyclic amines) is 1.